The zero-order valence-electron chi connectivity index (χ0n) is 15.9. The molecule has 1 aliphatic heterocycles. The summed E-state index contributed by atoms with van der Waals surface area (Å²) in [6.07, 6.45) is 7.42. The Kier molecular flexibility index (Phi) is 6.92. The highest BCUT2D eigenvalue weighted by molar-refractivity contribution is 5.69. The first-order chi connectivity index (χ1) is 12.6. The van der Waals surface area contributed by atoms with Gasteiger partial charge in [-0.2, -0.15) is 0 Å². The number of carboxylic acid groups (broad SMARTS) is 1. The quantitative estimate of drug-likeness (QED) is 0.770. The van der Waals surface area contributed by atoms with Crippen molar-refractivity contribution in [2.75, 3.05) is 26.2 Å². The van der Waals surface area contributed by atoms with Gasteiger partial charge < -0.3 is 9.84 Å². The molecule has 2 fully saturated rings. The molecule has 1 N–H and O–H groups in total. The number of aliphatic carboxylic acids is 1. The first-order valence-corrected chi connectivity index (χ1v) is 10.1. The number of rotatable bonds is 8. The highest BCUT2D eigenvalue weighted by Crippen LogP contribution is 2.25. The normalized spacial score (nSPS) is 19.9. The van der Waals surface area contributed by atoms with E-state index in [1.165, 1.54) is 31.2 Å². The van der Waals surface area contributed by atoms with E-state index in [1.807, 2.05) is 6.92 Å². The second kappa shape index (κ2) is 9.38. The van der Waals surface area contributed by atoms with Crippen molar-refractivity contribution < 1.29 is 14.6 Å². The van der Waals surface area contributed by atoms with Gasteiger partial charge in [0.25, 0.3) is 0 Å². The van der Waals surface area contributed by atoms with Gasteiger partial charge in [0.2, 0.25) is 0 Å². The van der Waals surface area contributed by atoms with Gasteiger partial charge in [-0.3, -0.25) is 14.6 Å². The molecule has 1 aromatic rings. The summed E-state index contributed by atoms with van der Waals surface area (Å²) in [5.41, 5.74) is 1.30. The molecule has 1 saturated heterocycles. The van der Waals surface area contributed by atoms with Crippen LogP contribution in [0.5, 0.6) is 5.75 Å². The Morgan fingerprint density at radius 2 is 1.96 bits per heavy atom. The highest BCUT2D eigenvalue weighted by Gasteiger charge is 2.25. The fraction of sp³-hybridized carbons (Fsp3) is 0.667. The molecule has 0 unspecified atom stereocenters. The van der Waals surface area contributed by atoms with Crippen LogP contribution in [-0.4, -0.2) is 59.2 Å². The Labute approximate surface area is 156 Å². The largest absolute Gasteiger partial charge is 0.490 e. The lowest BCUT2D eigenvalue weighted by molar-refractivity contribution is -0.139. The third kappa shape index (κ3) is 5.45. The topological polar surface area (TPSA) is 53.0 Å². The van der Waals surface area contributed by atoms with E-state index in [4.69, 9.17) is 9.84 Å². The van der Waals surface area contributed by atoms with Gasteiger partial charge in [-0.05, 0) is 75.9 Å². The number of carboxylic acids is 1. The molecule has 0 radical (unpaired) electrons. The number of piperidine rings is 1. The summed E-state index contributed by atoms with van der Waals surface area (Å²) in [6.45, 7) is 5.99. The first-order valence-electron chi connectivity index (χ1n) is 10.1. The average molecular weight is 360 g/mol. The lowest BCUT2D eigenvalue weighted by Gasteiger charge is -2.37. The monoisotopic (exact) mass is 360 g/mol. The van der Waals surface area contributed by atoms with Gasteiger partial charge in [-0.15, -0.1) is 0 Å². The molecule has 0 atom stereocenters. The van der Waals surface area contributed by atoms with Crippen molar-refractivity contribution in [3.8, 4) is 5.75 Å². The lowest BCUT2D eigenvalue weighted by atomic mass is 10.0. The molecule has 0 amide bonds. The Morgan fingerprint density at radius 1 is 1.23 bits per heavy atom. The van der Waals surface area contributed by atoms with Gasteiger partial charge >= 0.3 is 5.97 Å². The van der Waals surface area contributed by atoms with Gasteiger partial charge in [-0.1, -0.05) is 19.1 Å². The summed E-state index contributed by atoms with van der Waals surface area (Å²) in [5, 5.41) is 9.06. The fourth-order valence-corrected chi connectivity index (χ4v) is 4.29. The minimum atomic E-state index is -0.728. The number of ether oxygens (including phenoxy) is 1. The van der Waals surface area contributed by atoms with Gasteiger partial charge in [0, 0.05) is 12.6 Å². The van der Waals surface area contributed by atoms with Crippen molar-refractivity contribution in [1.82, 2.24) is 9.80 Å². The molecule has 2 aliphatic rings. The van der Waals surface area contributed by atoms with Crippen LogP contribution in [0.25, 0.3) is 0 Å². The summed E-state index contributed by atoms with van der Waals surface area (Å²) < 4.78 is 6.12. The summed E-state index contributed by atoms with van der Waals surface area (Å²) >= 11 is 0. The molecule has 5 nitrogen and oxygen atoms in total. The van der Waals surface area contributed by atoms with Crippen LogP contribution in [0.15, 0.2) is 24.3 Å². The second-order valence-corrected chi connectivity index (χ2v) is 7.64. The SMILES string of the molecule is CCN(CC(=O)O)C1CCN(Cc2cccc(OC3CCCC3)c2)CC1. The molecular formula is C21H32N2O3. The zero-order valence-corrected chi connectivity index (χ0v) is 15.9. The van der Waals surface area contributed by atoms with Gasteiger partial charge in [0.05, 0.1) is 12.6 Å². The van der Waals surface area contributed by atoms with Crippen LogP contribution in [0, 0.1) is 0 Å². The van der Waals surface area contributed by atoms with Gasteiger partial charge in [0.1, 0.15) is 5.75 Å². The van der Waals surface area contributed by atoms with E-state index in [2.05, 4.69) is 34.1 Å². The Morgan fingerprint density at radius 3 is 2.62 bits per heavy atom. The van der Waals surface area contributed by atoms with Crippen LogP contribution in [-0.2, 0) is 11.3 Å². The Hall–Kier alpha value is -1.59. The molecule has 1 aliphatic carbocycles. The van der Waals surface area contributed by atoms with Crippen LogP contribution in [0.1, 0.15) is 51.0 Å². The van der Waals surface area contributed by atoms with Crippen LogP contribution < -0.4 is 4.74 Å². The predicted octanol–water partition coefficient (Wildman–Crippen LogP) is 3.38. The molecule has 26 heavy (non-hydrogen) atoms. The van der Waals surface area contributed by atoms with Crippen molar-refractivity contribution in [1.29, 1.82) is 0 Å². The standard InChI is InChI=1S/C21H32N2O3/c1-2-23(16-21(24)25)18-10-12-22(13-11-18)15-17-6-5-9-20(14-17)26-19-7-3-4-8-19/h5-6,9,14,18-19H,2-4,7-8,10-13,15-16H2,1H3,(H,24,25). The van der Waals surface area contributed by atoms with Crippen LogP contribution in [0.2, 0.25) is 0 Å². The van der Waals surface area contributed by atoms with Crippen molar-refractivity contribution in [3.63, 3.8) is 0 Å². The summed E-state index contributed by atoms with van der Waals surface area (Å²) in [6, 6.07) is 8.92. The average Bonchev–Trinajstić information content (AvgIpc) is 3.13. The van der Waals surface area contributed by atoms with E-state index in [0.29, 0.717) is 12.1 Å². The fourth-order valence-electron chi connectivity index (χ4n) is 4.29. The van der Waals surface area contributed by atoms with E-state index in [9.17, 15) is 4.79 Å². The molecule has 0 aromatic heterocycles. The van der Waals surface area contributed by atoms with Crippen molar-refractivity contribution in [2.24, 2.45) is 0 Å². The Bertz CT molecular complexity index is 578. The summed E-state index contributed by atoms with van der Waals surface area (Å²) in [5.74, 6) is 0.274. The van der Waals surface area contributed by atoms with Crippen molar-refractivity contribution >= 4 is 5.97 Å². The third-order valence-corrected chi connectivity index (χ3v) is 5.73. The van der Waals surface area contributed by atoms with E-state index in [-0.39, 0.29) is 6.54 Å². The highest BCUT2D eigenvalue weighted by atomic mass is 16.5. The molecule has 0 spiro atoms. The molecule has 5 heteroatoms. The third-order valence-electron chi connectivity index (χ3n) is 5.73. The first kappa shape index (κ1) is 19.2. The van der Waals surface area contributed by atoms with Crippen LogP contribution >= 0.6 is 0 Å². The smallest absolute Gasteiger partial charge is 0.317 e. The molecule has 1 heterocycles. The number of likely N-dealkylation sites (tertiary alicyclic amines) is 1. The molecule has 144 valence electrons. The maximum atomic E-state index is 11.0. The predicted molar refractivity (Wildman–Crippen MR) is 103 cm³/mol. The van der Waals surface area contributed by atoms with Crippen molar-refractivity contribution in [3.05, 3.63) is 29.8 Å². The Balaban J connectivity index is 1.49. The summed E-state index contributed by atoms with van der Waals surface area (Å²) in [7, 11) is 0. The zero-order chi connectivity index (χ0) is 18.4. The van der Waals surface area contributed by atoms with E-state index in [0.717, 1.165) is 44.8 Å². The minimum Gasteiger partial charge on any atom is -0.490 e. The molecule has 0 bridgehead atoms. The minimum absolute atomic E-state index is 0.154. The summed E-state index contributed by atoms with van der Waals surface area (Å²) in [4.78, 5) is 15.6. The van der Waals surface area contributed by atoms with E-state index in [1.54, 1.807) is 0 Å². The lowest BCUT2D eigenvalue weighted by Crippen LogP contribution is -2.46. The maximum Gasteiger partial charge on any atom is 0.317 e. The van der Waals surface area contributed by atoms with E-state index < -0.39 is 5.97 Å². The second-order valence-electron chi connectivity index (χ2n) is 7.64. The number of carbonyl (C=O) groups is 1. The molecule has 3 rings (SSSR count). The number of hydrogen-bond acceptors (Lipinski definition) is 4. The molecular weight excluding hydrogens is 328 g/mol. The van der Waals surface area contributed by atoms with Crippen molar-refractivity contribution in [2.45, 2.75) is 64.1 Å². The van der Waals surface area contributed by atoms with Crippen LogP contribution in [0.4, 0.5) is 0 Å². The van der Waals surface area contributed by atoms with E-state index >= 15 is 0 Å². The number of likely N-dealkylation sites (N-methyl/N-ethyl adjacent to an activating group) is 1. The van der Waals surface area contributed by atoms with Gasteiger partial charge in [0.15, 0.2) is 0 Å². The number of nitrogens with zero attached hydrogens (tertiary/aromatic N) is 2. The number of benzene rings is 1. The molecule has 1 aromatic carbocycles. The molecule has 1 saturated carbocycles. The van der Waals surface area contributed by atoms with Crippen LogP contribution in [0.3, 0.4) is 0 Å². The van der Waals surface area contributed by atoms with Gasteiger partial charge in [-0.25, -0.2) is 0 Å². The number of hydrogen-bond donors (Lipinski definition) is 1. The maximum absolute atomic E-state index is 11.0.